The van der Waals surface area contributed by atoms with E-state index in [4.69, 9.17) is 0 Å². The first kappa shape index (κ1) is 37.1. The Kier molecular flexibility index (Phi) is 8.05. The minimum Gasteiger partial charge on any atom is -0.310 e. The maximum absolute atomic E-state index is 2.52. The third-order valence-electron chi connectivity index (χ3n) is 14.4. The fourth-order valence-electron chi connectivity index (χ4n) is 11.8. The molecule has 14 rings (SSSR count). The molecule has 2 spiro atoms. The Hall–Kier alpha value is -7.30. The number of anilines is 3. The average molecular weight is 862 g/mol. The van der Waals surface area contributed by atoms with E-state index in [1.54, 1.807) is 0 Å². The van der Waals surface area contributed by atoms with Gasteiger partial charge in [0.2, 0.25) is 0 Å². The first-order valence-electron chi connectivity index (χ1n) is 22.4. The molecule has 65 heavy (non-hydrogen) atoms. The Morgan fingerprint density at radius 1 is 0.246 bits per heavy atom. The zero-order chi connectivity index (χ0) is 42.7. The lowest BCUT2D eigenvalue weighted by atomic mass is 9.67. The molecule has 2 aliphatic heterocycles. The van der Waals surface area contributed by atoms with Crippen molar-refractivity contribution >= 4 is 40.6 Å². The highest BCUT2D eigenvalue weighted by Gasteiger charge is 2.52. The molecular weight excluding hydrogens is 823 g/mol. The zero-order valence-electron chi connectivity index (χ0n) is 35.3. The number of hydrogen-bond donors (Lipinski definition) is 0. The normalized spacial score (nSPS) is 14.6. The largest absolute Gasteiger partial charge is 0.310 e. The summed E-state index contributed by atoms with van der Waals surface area (Å²) in [5.41, 5.74) is 20.7. The summed E-state index contributed by atoms with van der Waals surface area (Å²) in [4.78, 5) is 7.74. The lowest BCUT2D eigenvalue weighted by Crippen LogP contribution is -2.32. The molecule has 2 aliphatic carbocycles. The van der Waals surface area contributed by atoms with Gasteiger partial charge in [0.25, 0.3) is 0 Å². The number of fused-ring (bicyclic) bond motifs is 18. The number of rotatable bonds is 4. The lowest BCUT2D eigenvalue weighted by Gasteiger charge is -2.40. The van der Waals surface area contributed by atoms with Crippen LogP contribution in [-0.4, -0.2) is 0 Å². The maximum atomic E-state index is 2.52. The van der Waals surface area contributed by atoms with Gasteiger partial charge in [0.15, 0.2) is 0 Å². The molecule has 10 aromatic carbocycles. The second-order valence-corrected chi connectivity index (χ2v) is 19.7. The van der Waals surface area contributed by atoms with Gasteiger partial charge in [-0.05, 0) is 139 Å². The van der Waals surface area contributed by atoms with Crippen molar-refractivity contribution < 1.29 is 0 Å². The van der Waals surface area contributed by atoms with E-state index in [9.17, 15) is 0 Å². The topological polar surface area (TPSA) is 3.24 Å². The van der Waals surface area contributed by atoms with E-state index in [0.29, 0.717) is 0 Å². The summed E-state index contributed by atoms with van der Waals surface area (Å²) in [6.45, 7) is 0. The van der Waals surface area contributed by atoms with E-state index >= 15 is 0 Å². The van der Waals surface area contributed by atoms with E-state index in [0.717, 1.165) is 17.1 Å². The SMILES string of the molecule is c1ccc(-c2ccc(N(c3ccc4c(c3)C3(c5ccccc5Sc5ccccc53)c3ccccc3-4)c3ccc4c(c3)C3(c5ccccc5Sc5ccccc53)c3ccccc3-4)cc2)cc1. The predicted molar refractivity (Wildman–Crippen MR) is 269 cm³/mol. The molecule has 304 valence electrons. The van der Waals surface area contributed by atoms with Crippen LogP contribution in [0.15, 0.2) is 256 Å². The molecule has 0 bridgehead atoms. The maximum Gasteiger partial charge on any atom is 0.0736 e. The first-order valence-corrected chi connectivity index (χ1v) is 24.0. The molecule has 0 N–H and O–H groups in total. The Morgan fingerprint density at radius 3 is 1.00 bits per heavy atom. The molecule has 4 aliphatic rings. The molecule has 0 fully saturated rings. The summed E-state index contributed by atoms with van der Waals surface area (Å²) in [5.74, 6) is 0. The Morgan fingerprint density at radius 2 is 0.569 bits per heavy atom. The van der Waals surface area contributed by atoms with Crippen molar-refractivity contribution in [3.05, 3.63) is 281 Å². The van der Waals surface area contributed by atoms with E-state index in [1.165, 1.54) is 97.5 Å². The van der Waals surface area contributed by atoms with Gasteiger partial charge in [-0.1, -0.05) is 199 Å². The van der Waals surface area contributed by atoms with Crippen LogP contribution in [-0.2, 0) is 10.8 Å². The van der Waals surface area contributed by atoms with Crippen LogP contribution in [0.4, 0.5) is 17.1 Å². The summed E-state index contributed by atoms with van der Waals surface area (Å²) in [5, 5.41) is 0. The molecule has 10 aromatic rings. The van der Waals surface area contributed by atoms with E-state index in [1.807, 2.05) is 23.5 Å². The van der Waals surface area contributed by atoms with E-state index in [-0.39, 0.29) is 0 Å². The standard InChI is InChI=1S/C62H39NS2/c1-2-16-40(17-3-1)41-30-32-42(33-31-41)63(43-34-36-47-45-18-4-6-20-49(45)61(55(47)38-43)51-22-8-12-26-57(51)64-58-27-13-9-23-52(58)61)44-35-37-48-46-19-5-7-21-50(46)62(56(48)39-44)53-24-10-14-28-59(53)65-60-29-15-11-25-54(60)62/h1-39H. The van der Waals surface area contributed by atoms with Gasteiger partial charge in [0.05, 0.1) is 10.8 Å². The lowest BCUT2D eigenvalue weighted by molar-refractivity contribution is 0.721. The van der Waals surface area contributed by atoms with Gasteiger partial charge in [0, 0.05) is 36.6 Å². The third kappa shape index (κ3) is 5.08. The van der Waals surface area contributed by atoms with Crippen molar-refractivity contribution in [1.29, 1.82) is 0 Å². The quantitative estimate of drug-likeness (QED) is 0.174. The van der Waals surface area contributed by atoms with Gasteiger partial charge in [0.1, 0.15) is 0 Å². The molecule has 1 nitrogen and oxygen atoms in total. The minimum absolute atomic E-state index is 0.486. The highest BCUT2D eigenvalue weighted by atomic mass is 32.2. The van der Waals surface area contributed by atoms with E-state index in [2.05, 4.69) is 241 Å². The second-order valence-electron chi connectivity index (χ2n) is 17.5. The summed E-state index contributed by atoms with van der Waals surface area (Å²) in [7, 11) is 0. The summed E-state index contributed by atoms with van der Waals surface area (Å²) in [6.07, 6.45) is 0. The van der Waals surface area contributed by atoms with Gasteiger partial charge < -0.3 is 4.90 Å². The van der Waals surface area contributed by atoms with Crippen molar-refractivity contribution in [3.63, 3.8) is 0 Å². The smallest absolute Gasteiger partial charge is 0.0736 e. The van der Waals surface area contributed by atoms with E-state index < -0.39 is 10.8 Å². The van der Waals surface area contributed by atoms with Gasteiger partial charge in [-0.15, -0.1) is 0 Å². The van der Waals surface area contributed by atoms with Gasteiger partial charge >= 0.3 is 0 Å². The summed E-state index contributed by atoms with van der Waals surface area (Å²) >= 11 is 3.78. The minimum atomic E-state index is -0.486. The third-order valence-corrected chi connectivity index (χ3v) is 16.7. The fraction of sp³-hybridized carbons (Fsp3) is 0.0323. The van der Waals surface area contributed by atoms with Crippen LogP contribution in [0.25, 0.3) is 33.4 Å². The van der Waals surface area contributed by atoms with Crippen molar-refractivity contribution in [1.82, 2.24) is 0 Å². The van der Waals surface area contributed by atoms with Crippen LogP contribution in [0, 0.1) is 0 Å². The predicted octanol–water partition coefficient (Wildman–Crippen LogP) is 16.5. The first-order chi connectivity index (χ1) is 32.2. The Labute approximate surface area is 388 Å². The monoisotopic (exact) mass is 861 g/mol. The molecule has 3 heteroatoms. The van der Waals surface area contributed by atoms with Crippen LogP contribution in [0.1, 0.15) is 44.5 Å². The Bertz CT molecular complexity index is 3280. The van der Waals surface area contributed by atoms with Gasteiger partial charge in [-0.3, -0.25) is 0 Å². The number of hydrogen-bond acceptors (Lipinski definition) is 3. The van der Waals surface area contributed by atoms with Crippen molar-refractivity contribution in [2.75, 3.05) is 4.90 Å². The average Bonchev–Trinajstić information content (AvgIpc) is 3.82. The molecule has 0 unspecified atom stereocenters. The van der Waals surface area contributed by atoms with Crippen molar-refractivity contribution in [3.8, 4) is 33.4 Å². The molecule has 0 saturated carbocycles. The van der Waals surface area contributed by atoms with Crippen LogP contribution in [0.5, 0.6) is 0 Å². The van der Waals surface area contributed by atoms with Crippen molar-refractivity contribution in [2.45, 2.75) is 30.4 Å². The summed E-state index contributed by atoms with van der Waals surface area (Å²) < 4.78 is 0. The highest BCUT2D eigenvalue weighted by Crippen LogP contribution is 2.65. The van der Waals surface area contributed by atoms with Crippen LogP contribution < -0.4 is 4.90 Å². The molecule has 2 heterocycles. The van der Waals surface area contributed by atoms with Crippen LogP contribution >= 0.6 is 23.5 Å². The molecule has 0 atom stereocenters. The zero-order valence-corrected chi connectivity index (χ0v) is 36.9. The second kappa shape index (κ2) is 14.1. The van der Waals surface area contributed by atoms with Gasteiger partial charge in [-0.2, -0.15) is 0 Å². The molecule has 0 radical (unpaired) electrons. The number of nitrogens with zero attached hydrogens (tertiary/aromatic N) is 1. The van der Waals surface area contributed by atoms with Crippen LogP contribution in [0.2, 0.25) is 0 Å². The molecule has 0 aromatic heterocycles. The fourth-order valence-corrected chi connectivity index (χ4v) is 14.2. The van der Waals surface area contributed by atoms with Crippen molar-refractivity contribution in [2.24, 2.45) is 0 Å². The Balaban J connectivity index is 1.04. The molecule has 0 saturated heterocycles. The molecular formula is C62H39NS2. The molecule has 0 amide bonds. The van der Waals surface area contributed by atoms with Gasteiger partial charge in [-0.25, -0.2) is 0 Å². The van der Waals surface area contributed by atoms with Crippen LogP contribution in [0.3, 0.4) is 0 Å². The highest BCUT2D eigenvalue weighted by molar-refractivity contribution is 7.99. The summed E-state index contributed by atoms with van der Waals surface area (Å²) in [6, 6.07) is 89.0. The number of benzene rings is 10.